The third kappa shape index (κ3) is 3.80. The number of aryl methyl sites for hydroxylation is 1. The molecule has 2 aliphatic heterocycles. The number of halogens is 3. The van der Waals surface area contributed by atoms with Gasteiger partial charge in [-0.1, -0.05) is 0 Å². The summed E-state index contributed by atoms with van der Waals surface area (Å²) >= 11 is 0. The van der Waals surface area contributed by atoms with Crippen molar-refractivity contribution >= 4 is 11.7 Å². The van der Waals surface area contributed by atoms with Gasteiger partial charge in [-0.2, -0.15) is 19.1 Å². The zero-order chi connectivity index (χ0) is 23.3. The predicted octanol–water partition coefficient (Wildman–Crippen LogP) is 2.48. The molecule has 32 heavy (non-hydrogen) atoms. The van der Waals surface area contributed by atoms with Crippen molar-refractivity contribution < 1.29 is 28.2 Å². The van der Waals surface area contributed by atoms with Crippen LogP contribution in [-0.2, 0) is 25.4 Å². The molecule has 11 heteroatoms. The van der Waals surface area contributed by atoms with Crippen LogP contribution in [0.1, 0.15) is 42.3 Å². The Bertz CT molecular complexity index is 1110. The number of aromatic nitrogens is 2. The zero-order valence-electron chi connectivity index (χ0n) is 17.3. The summed E-state index contributed by atoms with van der Waals surface area (Å²) in [5.74, 6) is -4.16. The van der Waals surface area contributed by atoms with Crippen molar-refractivity contribution in [1.29, 1.82) is 5.26 Å². The first-order valence-corrected chi connectivity index (χ1v) is 10.1. The molecular formula is C21H22F3N5O3. The molecule has 2 aliphatic rings. The minimum Gasteiger partial charge on any atom is -0.393 e. The maximum atomic E-state index is 15.1. The van der Waals surface area contributed by atoms with Gasteiger partial charge in [0, 0.05) is 36.7 Å². The second kappa shape index (κ2) is 7.79. The van der Waals surface area contributed by atoms with Crippen LogP contribution in [0.3, 0.4) is 0 Å². The lowest BCUT2D eigenvalue weighted by atomic mass is 9.90. The number of rotatable bonds is 2. The lowest BCUT2D eigenvalue weighted by Crippen LogP contribution is -2.45. The molecule has 0 bridgehead atoms. The highest BCUT2D eigenvalue weighted by Crippen LogP contribution is 2.44. The second-order valence-corrected chi connectivity index (χ2v) is 8.43. The normalized spacial score (nSPS) is 24.2. The first kappa shape index (κ1) is 22.1. The topological polar surface area (TPSA) is 114 Å². The van der Waals surface area contributed by atoms with E-state index in [9.17, 15) is 19.4 Å². The van der Waals surface area contributed by atoms with Crippen molar-refractivity contribution in [2.24, 2.45) is 0 Å². The molecule has 1 aromatic carbocycles. The number of aliphatic hydroxyl groups is 2. The van der Waals surface area contributed by atoms with Crippen molar-refractivity contribution in [1.82, 2.24) is 14.7 Å². The van der Waals surface area contributed by atoms with E-state index < -0.39 is 36.4 Å². The number of alkyl halides is 2. The first-order chi connectivity index (χ1) is 15.1. The summed E-state index contributed by atoms with van der Waals surface area (Å²) in [6, 6.07) is 4.34. The number of carbonyl (C=O) groups excluding carboxylic acids is 1. The van der Waals surface area contributed by atoms with Gasteiger partial charge >= 0.3 is 6.03 Å². The number of nitrogens with zero attached hydrogens (tertiary/aromatic N) is 4. The van der Waals surface area contributed by atoms with Crippen molar-refractivity contribution in [3.63, 3.8) is 0 Å². The van der Waals surface area contributed by atoms with E-state index in [1.165, 1.54) is 21.7 Å². The summed E-state index contributed by atoms with van der Waals surface area (Å²) in [6.45, 7) is 0.865. The molecule has 0 fully saturated rings. The van der Waals surface area contributed by atoms with Crippen molar-refractivity contribution in [3.05, 3.63) is 46.5 Å². The maximum absolute atomic E-state index is 15.1. The van der Waals surface area contributed by atoms with E-state index in [1.807, 2.05) is 0 Å². The van der Waals surface area contributed by atoms with Crippen molar-refractivity contribution in [3.8, 4) is 6.07 Å². The van der Waals surface area contributed by atoms with Crippen molar-refractivity contribution in [2.45, 2.75) is 56.8 Å². The van der Waals surface area contributed by atoms with E-state index in [0.717, 1.165) is 6.07 Å². The highest BCUT2D eigenvalue weighted by Gasteiger charge is 2.50. The Kier molecular flexibility index (Phi) is 5.38. The van der Waals surface area contributed by atoms with Gasteiger partial charge in [-0.15, -0.1) is 0 Å². The van der Waals surface area contributed by atoms with Crippen LogP contribution in [0.25, 0.3) is 0 Å². The number of fused-ring (bicyclic) bond motifs is 3. The molecule has 0 saturated heterocycles. The fraction of sp³-hybridized carbons (Fsp3) is 0.476. The number of hydrogen-bond donors (Lipinski definition) is 3. The quantitative estimate of drug-likeness (QED) is 0.652. The molecule has 3 N–H and O–H groups in total. The summed E-state index contributed by atoms with van der Waals surface area (Å²) < 4.78 is 45.0. The third-order valence-corrected chi connectivity index (χ3v) is 6.06. The van der Waals surface area contributed by atoms with Gasteiger partial charge in [0.1, 0.15) is 17.6 Å². The average Bonchev–Trinajstić information content (AvgIpc) is 3.06. The molecule has 170 valence electrons. The Morgan fingerprint density at radius 3 is 2.88 bits per heavy atom. The largest absolute Gasteiger partial charge is 0.393 e. The number of urea groups is 1. The monoisotopic (exact) mass is 449 g/mol. The van der Waals surface area contributed by atoms with Gasteiger partial charge < -0.3 is 20.4 Å². The average molecular weight is 449 g/mol. The highest BCUT2D eigenvalue weighted by molar-refractivity contribution is 5.90. The molecule has 0 saturated carbocycles. The number of carbonyl (C=O) groups is 1. The number of aliphatic hydroxyl groups excluding tert-OH is 1. The van der Waals surface area contributed by atoms with Crippen LogP contribution in [0.15, 0.2) is 18.2 Å². The molecule has 1 aromatic heterocycles. The molecule has 3 heterocycles. The standard InChI is InChI=1S/C21H22F3N5O3/c1-12-6-17-15(18-21(23,24)10-20(32,11-30)4-5-29(18)27-17)9-28(12)19(31)26-14-2-3-16(22)13(7-14)8-25/h2-3,7,12,30,32H,4-6,9-11H2,1H3,(H,26,31)/t12-,20?/m1/s1. The number of nitriles is 1. The Morgan fingerprint density at radius 2 is 2.19 bits per heavy atom. The second-order valence-electron chi connectivity index (χ2n) is 8.43. The summed E-state index contributed by atoms with van der Waals surface area (Å²) in [4.78, 5) is 14.3. The van der Waals surface area contributed by atoms with E-state index in [2.05, 4.69) is 10.4 Å². The Labute approximate surface area is 181 Å². The van der Waals surface area contributed by atoms with Crippen LogP contribution in [0.5, 0.6) is 0 Å². The van der Waals surface area contributed by atoms with Crippen LogP contribution < -0.4 is 5.32 Å². The zero-order valence-corrected chi connectivity index (χ0v) is 17.3. The van der Waals surface area contributed by atoms with Crippen molar-refractivity contribution in [2.75, 3.05) is 11.9 Å². The van der Waals surface area contributed by atoms with Gasteiger partial charge in [-0.3, -0.25) is 4.68 Å². The molecule has 0 spiro atoms. The SMILES string of the molecule is C[C@@H]1Cc2nn3c(c2CN1C(=O)Nc1ccc(F)c(C#N)c1)C(F)(F)CC(O)(CO)CC3. The lowest BCUT2D eigenvalue weighted by Gasteiger charge is -2.34. The minimum atomic E-state index is -3.45. The van der Waals surface area contributed by atoms with E-state index in [1.54, 1.807) is 13.0 Å². The van der Waals surface area contributed by atoms with E-state index in [4.69, 9.17) is 5.26 Å². The first-order valence-electron chi connectivity index (χ1n) is 10.1. The molecule has 4 rings (SSSR count). The predicted molar refractivity (Wildman–Crippen MR) is 106 cm³/mol. The molecule has 0 aliphatic carbocycles. The molecule has 1 unspecified atom stereocenters. The summed E-state index contributed by atoms with van der Waals surface area (Å²) in [5, 5.41) is 35.6. The van der Waals surface area contributed by atoms with Gasteiger partial charge in [0.25, 0.3) is 5.92 Å². The van der Waals surface area contributed by atoms with Crippen LogP contribution in [0.4, 0.5) is 23.7 Å². The molecule has 2 aromatic rings. The van der Waals surface area contributed by atoms with Crippen LogP contribution in [0.2, 0.25) is 0 Å². The molecular weight excluding hydrogens is 427 g/mol. The molecule has 8 nitrogen and oxygen atoms in total. The number of hydrogen-bond acceptors (Lipinski definition) is 5. The number of nitrogens with one attached hydrogen (secondary N) is 1. The van der Waals surface area contributed by atoms with Gasteiger partial charge in [-0.05, 0) is 31.5 Å². The molecule has 2 atom stereocenters. The molecule has 0 radical (unpaired) electrons. The lowest BCUT2D eigenvalue weighted by molar-refractivity contribution is -0.112. The number of amides is 2. The third-order valence-electron chi connectivity index (χ3n) is 6.06. The van der Waals surface area contributed by atoms with E-state index in [-0.39, 0.29) is 54.5 Å². The maximum Gasteiger partial charge on any atom is 0.322 e. The van der Waals surface area contributed by atoms with E-state index in [0.29, 0.717) is 5.69 Å². The highest BCUT2D eigenvalue weighted by atomic mass is 19.3. The van der Waals surface area contributed by atoms with Crippen LogP contribution >= 0.6 is 0 Å². The smallest absolute Gasteiger partial charge is 0.322 e. The Balaban J connectivity index is 1.62. The minimum absolute atomic E-state index is 0.0159. The van der Waals surface area contributed by atoms with Crippen LogP contribution in [0, 0.1) is 17.1 Å². The van der Waals surface area contributed by atoms with Gasteiger partial charge in [0.2, 0.25) is 0 Å². The van der Waals surface area contributed by atoms with Gasteiger partial charge in [0.15, 0.2) is 0 Å². The summed E-state index contributed by atoms with van der Waals surface area (Å²) in [7, 11) is 0. The summed E-state index contributed by atoms with van der Waals surface area (Å²) in [6.07, 6.45) is -0.753. The Hall–Kier alpha value is -3.10. The summed E-state index contributed by atoms with van der Waals surface area (Å²) in [5.41, 5.74) is -1.60. The number of benzene rings is 1. The van der Waals surface area contributed by atoms with Crippen LogP contribution in [-0.4, -0.2) is 49.2 Å². The van der Waals surface area contributed by atoms with Gasteiger partial charge in [0.05, 0.1) is 30.0 Å². The number of anilines is 1. The fourth-order valence-corrected chi connectivity index (χ4v) is 4.36. The Morgan fingerprint density at radius 1 is 1.44 bits per heavy atom. The van der Waals surface area contributed by atoms with Gasteiger partial charge in [-0.25, -0.2) is 9.18 Å². The fourth-order valence-electron chi connectivity index (χ4n) is 4.36. The molecule has 2 amide bonds. The van der Waals surface area contributed by atoms with E-state index >= 15 is 8.78 Å².